The van der Waals surface area contributed by atoms with Crippen LogP contribution < -0.4 is 5.32 Å². The summed E-state index contributed by atoms with van der Waals surface area (Å²) in [5.41, 5.74) is 2.54. The van der Waals surface area contributed by atoms with Crippen molar-refractivity contribution in [1.82, 2.24) is 0 Å². The number of rotatable bonds is 5. The lowest BCUT2D eigenvalue weighted by molar-refractivity contribution is 0.873. The highest BCUT2D eigenvalue weighted by Gasteiger charge is 1.97. The van der Waals surface area contributed by atoms with Crippen LogP contribution in [0.1, 0.15) is 18.4 Å². The number of nitrogens with one attached hydrogen (secondary N) is 2. The lowest BCUT2D eigenvalue weighted by Crippen LogP contribution is -1.95. The number of unbranched alkanes of at least 4 members (excludes halogenated alkanes) is 1. The molecule has 2 heteroatoms. The van der Waals surface area contributed by atoms with Crippen LogP contribution in [0.5, 0.6) is 0 Å². The van der Waals surface area contributed by atoms with E-state index in [1.54, 1.807) is 0 Å². The first-order chi connectivity index (χ1) is 6.38. The largest absolute Gasteiger partial charge is 0.388 e. The van der Waals surface area contributed by atoms with E-state index in [1.165, 1.54) is 17.5 Å². The third kappa shape index (κ3) is 2.90. The molecule has 13 heavy (non-hydrogen) atoms. The van der Waals surface area contributed by atoms with Gasteiger partial charge >= 0.3 is 0 Å². The van der Waals surface area contributed by atoms with Crippen LogP contribution in [0.25, 0.3) is 0 Å². The van der Waals surface area contributed by atoms with Gasteiger partial charge in [-0.3, -0.25) is 0 Å². The van der Waals surface area contributed by atoms with Crippen LogP contribution in [0.2, 0.25) is 0 Å². The molecule has 0 aromatic heterocycles. The standard InChI is InChI=1S/C11H16N2/c1-13-11-8-3-2-6-10(11)7-4-5-9-12/h2-3,6,8-9,12-13H,4-5,7H2,1H3. The van der Waals surface area contributed by atoms with Crippen molar-refractivity contribution in [1.29, 1.82) is 5.41 Å². The minimum atomic E-state index is 0.873. The van der Waals surface area contributed by atoms with Gasteiger partial charge in [0.15, 0.2) is 0 Å². The minimum Gasteiger partial charge on any atom is -0.388 e. The molecule has 0 saturated carbocycles. The zero-order valence-electron chi connectivity index (χ0n) is 8.01. The molecule has 0 bridgehead atoms. The number of hydrogen-bond acceptors (Lipinski definition) is 2. The Morgan fingerprint density at radius 1 is 1.38 bits per heavy atom. The van der Waals surface area contributed by atoms with Crippen LogP contribution in [0, 0.1) is 5.41 Å². The van der Waals surface area contributed by atoms with Crippen LogP contribution in [0.3, 0.4) is 0 Å². The van der Waals surface area contributed by atoms with Crippen molar-refractivity contribution in [2.45, 2.75) is 19.3 Å². The Hall–Kier alpha value is -1.31. The first-order valence-electron chi connectivity index (χ1n) is 4.63. The maximum atomic E-state index is 6.93. The average molecular weight is 176 g/mol. The summed E-state index contributed by atoms with van der Waals surface area (Å²) in [7, 11) is 1.94. The Bertz CT molecular complexity index is 269. The van der Waals surface area contributed by atoms with Crippen molar-refractivity contribution in [3.63, 3.8) is 0 Å². The van der Waals surface area contributed by atoms with Gasteiger partial charge in [0.05, 0.1) is 0 Å². The first-order valence-corrected chi connectivity index (χ1v) is 4.63. The predicted molar refractivity (Wildman–Crippen MR) is 57.7 cm³/mol. The maximum Gasteiger partial charge on any atom is 0.0370 e. The van der Waals surface area contributed by atoms with Gasteiger partial charge in [-0.1, -0.05) is 18.2 Å². The topological polar surface area (TPSA) is 35.9 Å². The molecule has 2 N–H and O–H groups in total. The maximum absolute atomic E-state index is 6.93. The van der Waals surface area contributed by atoms with E-state index >= 15 is 0 Å². The lowest BCUT2D eigenvalue weighted by atomic mass is 10.1. The van der Waals surface area contributed by atoms with Crippen molar-refractivity contribution in [3.05, 3.63) is 29.8 Å². The highest BCUT2D eigenvalue weighted by atomic mass is 14.8. The van der Waals surface area contributed by atoms with Gasteiger partial charge in [-0.2, -0.15) is 0 Å². The first kappa shape index (κ1) is 9.78. The molecule has 1 aromatic rings. The summed E-state index contributed by atoms with van der Waals surface area (Å²) in [5, 5.41) is 10.1. The number of hydrogen-bond donors (Lipinski definition) is 2. The van der Waals surface area contributed by atoms with E-state index in [1.807, 2.05) is 13.1 Å². The predicted octanol–water partition coefficient (Wildman–Crippen LogP) is 2.70. The summed E-state index contributed by atoms with van der Waals surface area (Å²) in [6.45, 7) is 0. The lowest BCUT2D eigenvalue weighted by Gasteiger charge is -2.07. The molecule has 0 aliphatic heterocycles. The van der Waals surface area contributed by atoms with Crippen molar-refractivity contribution >= 4 is 11.9 Å². The van der Waals surface area contributed by atoms with Crippen molar-refractivity contribution < 1.29 is 0 Å². The number of benzene rings is 1. The summed E-state index contributed by atoms with van der Waals surface area (Å²) < 4.78 is 0. The number of anilines is 1. The summed E-state index contributed by atoms with van der Waals surface area (Å²) in [6.07, 6.45) is 4.45. The van der Waals surface area contributed by atoms with Gasteiger partial charge in [-0.15, -0.1) is 0 Å². The molecule has 0 unspecified atom stereocenters. The third-order valence-electron chi connectivity index (χ3n) is 2.08. The van der Waals surface area contributed by atoms with E-state index in [4.69, 9.17) is 5.41 Å². The molecule has 0 saturated heterocycles. The Morgan fingerprint density at radius 3 is 2.85 bits per heavy atom. The molecule has 0 atom stereocenters. The van der Waals surface area contributed by atoms with E-state index in [9.17, 15) is 0 Å². The van der Waals surface area contributed by atoms with Crippen molar-refractivity contribution in [2.24, 2.45) is 0 Å². The Labute approximate surface area is 79.5 Å². The molecule has 0 aliphatic rings. The van der Waals surface area contributed by atoms with Gasteiger partial charge < -0.3 is 10.7 Å². The second kappa shape index (κ2) is 5.36. The van der Waals surface area contributed by atoms with Crippen LogP contribution in [0.15, 0.2) is 24.3 Å². The average Bonchev–Trinajstić information content (AvgIpc) is 2.19. The summed E-state index contributed by atoms with van der Waals surface area (Å²) >= 11 is 0. The molecule has 1 aromatic carbocycles. The van der Waals surface area contributed by atoms with Gasteiger partial charge in [0, 0.05) is 12.7 Å². The Kier molecular flexibility index (Phi) is 4.03. The molecular formula is C11H16N2. The Morgan fingerprint density at radius 2 is 2.15 bits per heavy atom. The number of aryl methyl sites for hydroxylation is 1. The van der Waals surface area contributed by atoms with E-state index in [0.717, 1.165) is 19.3 Å². The van der Waals surface area contributed by atoms with E-state index in [2.05, 4.69) is 23.5 Å². The second-order valence-corrected chi connectivity index (χ2v) is 3.00. The van der Waals surface area contributed by atoms with Gasteiger partial charge in [0.25, 0.3) is 0 Å². The fraction of sp³-hybridized carbons (Fsp3) is 0.364. The fourth-order valence-electron chi connectivity index (χ4n) is 1.38. The van der Waals surface area contributed by atoms with Crippen LogP contribution >= 0.6 is 0 Å². The molecule has 0 aliphatic carbocycles. The molecule has 0 fully saturated rings. The third-order valence-corrected chi connectivity index (χ3v) is 2.08. The molecule has 1 rings (SSSR count). The summed E-state index contributed by atoms with van der Waals surface area (Å²) in [4.78, 5) is 0. The second-order valence-electron chi connectivity index (χ2n) is 3.00. The van der Waals surface area contributed by atoms with E-state index in [-0.39, 0.29) is 0 Å². The monoisotopic (exact) mass is 176 g/mol. The normalized spacial score (nSPS) is 9.62. The SMILES string of the molecule is CNc1ccccc1CCCC=N. The van der Waals surface area contributed by atoms with Crippen molar-refractivity contribution in [3.8, 4) is 0 Å². The fourth-order valence-corrected chi connectivity index (χ4v) is 1.38. The highest BCUT2D eigenvalue weighted by Crippen LogP contribution is 2.16. The molecule has 70 valence electrons. The smallest absolute Gasteiger partial charge is 0.0370 e. The molecule has 2 nitrogen and oxygen atoms in total. The highest BCUT2D eigenvalue weighted by molar-refractivity contribution is 5.53. The quantitative estimate of drug-likeness (QED) is 0.525. The van der Waals surface area contributed by atoms with Crippen molar-refractivity contribution in [2.75, 3.05) is 12.4 Å². The molecule has 0 spiro atoms. The Balaban J connectivity index is 2.58. The van der Waals surface area contributed by atoms with Crippen LogP contribution in [-0.2, 0) is 6.42 Å². The molecule has 0 amide bonds. The summed E-state index contributed by atoms with van der Waals surface area (Å²) in [5.74, 6) is 0. The van der Waals surface area contributed by atoms with Gasteiger partial charge in [0.2, 0.25) is 0 Å². The number of para-hydroxylation sites is 1. The van der Waals surface area contributed by atoms with Gasteiger partial charge in [-0.05, 0) is 37.1 Å². The minimum absolute atomic E-state index is 0.873. The zero-order valence-corrected chi connectivity index (χ0v) is 8.01. The molecule has 0 heterocycles. The molecule has 0 radical (unpaired) electrons. The van der Waals surface area contributed by atoms with Gasteiger partial charge in [0.1, 0.15) is 0 Å². The van der Waals surface area contributed by atoms with E-state index < -0.39 is 0 Å². The summed E-state index contributed by atoms with van der Waals surface area (Å²) in [6, 6.07) is 8.31. The van der Waals surface area contributed by atoms with Crippen LogP contribution in [0.4, 0.5) is 5.69 Å². The van der Waals surface area contributed by atoms with E-state index in [0.29, 0.717) is 0 Å². The van der Waals surface area contributed by atoms with Gasteiger partial charge in [-0.25, -0.2) is 0 Å². The van der Waals surface area contributed by atoms with Crippen LogP contribution in [-0.4, -0.2) is 13.3 Å². The molecular weight excluding hydrogens is 160 g/mol. The zero-order chi connectivity index (χ0) is 9.52.